The molecule has 0 bridgehead atoms. The molecule has 0 aliphatic heterocycles. The third-order valence-corrected chi connectivity index (χ3v) is 2.20. The molecule has 1 rings (SSSR count). The van der Waals surface area contributed by atoms with Crippen molar-refractivity contribution in [2.75, 3.05) is 5.33 Å². The lowest BCUT2D eigenvalue weighted by Crippen LogP contribution is -1.91. The molecule has 0 aromatic heterocycles. The van der Waals surface area contributed by atoms with Gasteiger partial charge < -0.3 is 5.11 Å². The number of phenols is 1. The van der Waals surface area contributed by atoms with E-state index in [0.29, 0.717) is 12.0 Å². The van der Waals surface area contributed by atoms with Crippen LogP contribution in [0.4, 0.5) is 4.39 Å². The molecule has 0 radical (unpaired) electrons. The van der Waals surface area contributed by atoms with Crippen molar-refractivity contribution in [2.24, 2.45) is 0 Å². The molecule has 3 heteroatoms. The Hall–Kier alpha value is -0.570. The Labute approximate surface area is 79.4 Å². The third-order valence-electron chi connectivity index (χ3n) is 1.64. The van der Waals surface area contributed by atoms with E-state index in [0.717, 1.165) is 11.8 Å². The minimum absolute atomic E-state index is 0.262. The van der Waals surface area contributed by atoms with Crippen LogP contribution < -0.4 is 0 Å². The van der Waals surface area contributed by atoms with E-state index in [-0.39, 0.29) is 5.75 Å². The van der Waals surface area contributed by atoms with E-state index in [1.807, 2.05) is 0 Å². The molecular weight excluding hydrogens is 223 g/mol. The molecule has 0 saturated carbocycles. The molecule has 1 N–H and O–H groups in total. The molecule has 12 heavy (non-hydrogen) atoms. The van der Waals surface area contributed by atoms with Crippen LogP contribution in [0, 0.1) is 5.82 Å². The number of halogens is 2. The van der Waals surface area contributed by atoms with Gasteiger partial charge in [-0.2, -0.15) is 0 Å². The Bertz CT molecular complexity index is 263. The number of hydrogen-bond acceptors (Lipinski definition) is 1. The molecule has 0 aliphatic rings. The molecule has 0 atom stereocenters. The summed E-state index contributed by atoms with van der Waals surface area (Å²) in [4.78, 5) is 0. The first-order valence-corrected chi connectivity index (χ1v) is 4.90. The number of aryl methyl sites for hydroxylation is 1. The fraction of sp³-hybridized carbons (Fsp3) is 0.333. The number of aromatic hydroxyl groups is 1. The minimum Gasteiger partial charge on any atom is -0.505 e. The molecule has 1 aromatic rings. The van der Waals surface area contributed by atoms with Crippen molar-refractivity contribution in [3.05, 3.63) is 29.6 Å². The van der Waals surface area contributed by atoms with Crippen molar-refractivity contribution in [3.63, 3.8) is 0 Å². The fourth-order valence-electron chi connectivity index (χ4n) is 1.02. The van der Waals surface area contributed by atoms with Crippen LogP contribution in [-0.4, -0.2) is 10.4 Å². The molecule has 1 aromatic carbocycles. The van der Waals surface area contributed by atoms with Crippen molar-refractivity contribution in [3.8, 4) is 5.75 Å². The second-order valence-corrected chi connectivity index (χ2v) is 3.34. The first kappa shape index (κ1) is 9.52. The summed E-state index contributed by atoms with van der Waals surface area (Å²) in [6.45, 7) is 0. The van der Waals surface area contributed by atoms with Gasteiger partial charge in [0, 0.05) is 5.33 Å². The summed E-state index contributed by atoms with van der Waals surface area (Å²) in [6.07, 6.45) is 1.53. The van der Waals surface area contributed by atoms with Crippen molar-refractivity contribution in [1.29, 1.82) is 0 Å². The van der Waals surface area contributed by atoms with Crippen LogP contribution in [0.3, 0.4) is 0 Å². The van der Waals surface area contributed by atoms with Gasteiger partial charge in [-0.25, -0.2) is 4.39 Å². The average Bonchev–Trinajstić information content (AvgIpc) is 2.08. The maximum Gasteiger partial charge on any atom is 0.167 e. The third kappa shape index (κ3) is 2.21. The Morgan fingerprint density at radius 1 is 1.42 bits per heavy atom. The van der Waals surface area contributed by atoms with Crippen LogP contribution in [0.2, 0.25) is 0 Å². The summed E-state index contributed by atoms with van der Waals surface area (Å²) in [5, 5.41) is 9.86. The van der Waals surface area contributed by atoms with Gasteiger partial charge in [-0.15, -0.1) is 0 Å². The fourth-order valence-corrected chi connectivity index (χ4v) is 1.30. The van der Waals surface area contributed by atoms with Crippen molar-refractivity contribution >= 4 is 15.9 Å². The maximum absolute atomic E-state index is 13.1. The van der Waals surface area contributed by atoms with E-state index in [1.54, 1.807) is 12.1 Å². The molecule has 0 saturated heterocycles. The number of alkyl halides is 1. The highest BCUT2D eigenvalue weighted by Gasteiger charge is 2.05. The molecule has 0 unspecified atom stereocenters. The summed E-state index contributed by atoms with van der Waals surface area (Å²) in [6, 6.07) is 4.70. The van der Waals surface area contributed by atoms with Crippen LogP contribution in [0.5, 0.6) is 5.75 Å². The molecule has 0 fully saturated rings. The Morgan fingerprint density at radius 2 is 2.17 bits per heavy atom. The van der Waals surface area contributed by atoms with Gasteiger partial charge in [-0.05, 0) is 24.5 Å². The highest BCUT2D eigenvalue weighted by Crippen LogP contribution is 2.19. The molecule has 0 spiro atoms. The van der Waals surface area contributed by atoms with E-state index >= 15 is 0 Å². The van der Waals surface area contributed by atoms with Gasteiger partial charge in [-0.3, -0.25) is 0 Å². The zero-order valence-corrected chi connectivity index (χ0v) is 8.14. The first-order valence-electron chi connectivity index (χ1n) is 3.78. The van der Waals surface area contributed by atoms with Gasteiger partial charge in [0.25, 0.3) is 0 Å². The van der Waals surface area contributed by atoms with Gasteiger partial charge in [0.05, 0.1) is 0 Å². The molecule has 66 valence electrons. The predicted octanol–water partition coefficient (Wildman–Crippen LogP) is 2.86. The molecule has 1 nitrogen and oxygen atoms in total. The number of benzene rings is 1. The summed E-state index contributed by atoms with van der Waals surface area (Å²) >= 11 is 3.26. The monoisotopic (exact) mass is 232 g/mol. The van der Waals surface area contributed by atoms with E-state index in [9.17, 15) is 4.39 Å². The molecular formula is C9H10BrFO. The van der Waals surface area contributed by atoms with Crippen molar-refractivity contribution in [1.82, 2.24) is 0 Å². The summed E-state index contributed by atoms with van der Waals surface area (Å²) < 4.78 is 13.1. The van der Waals surface area contributed by atoms with Gasteiger partial charge in [0.2, 0.25) is 0 Å². The van der Waals surface area contributed by atoms with Gasteiger partial charge in [0.1, 0.15) is 0 Å². The smallest absolute Gasteiger partial charge is 0.167 e. The normalized spacial score (nSPS) is 10.2. The SMILES string of the molecule is Oc1cccc(CCCBr)c1F. The topological polar surface area (TPSA) is 20.2 Å². The molecule has 0 aliphatic carbocycles. The molecule has 0 amide bonds. The summed E-state index contributed by atoms with van der Waals surface area (Å²) in [5.74, 6) is -0.750. The van der Waals surface area contributed by atoms with E-state index in [1.165, 1.54) is 6.07 Å². The maximum atomic E-state index is 13.1. The lowest BCUT2D eigenvalue weighted by atomic mass is 10.1. The first-order chi connectivity index (χ1) is 5.75. The Kier molecular flexibility index (Phi) is 3.53. The average molecular weight is 233 g/mol. The zero-order chi connectivity index (χ0) is 8.97. The second kappa shape index (κ2) is 4.45. The number of hydrogen-bond donors (Lipinski definition) is 1. The van der Waals surface area contributed by atoms with Crippen molar-refractivity contribution < 1.29 is 9.50 Å². The summed E-state index contributed by atoms with van der Waals surface area (Å²) in [5.41, 5.74) is 0.578. The quantitative estimate of drug-likeness (QED) is 0.796. The Balaban J connectivity index is 2.78. The summed E-state index contributed by atoms with van der Waals surface area (Å²) in [7, 11) is 0. The number of rotatable bonds is 3. The second-order valence-electron chi connectivity index (χ2n) is 2.54. The van der Waals surface area contributed by atoms with Crippen LogP contribution in [0.15, 0.2) is 18.2 Å². The van der Waals surface area contributed by atoms with Crippen LogP contribution in [0.25, 0.3) is 0 Å². The van der Waals surface area contributed by atoms with Crippen LogP contribution in [-0.2, 0) is 6.42 Å². The standard InChI is InChI=1S/C9H10BrFO/c10-6-2-4-7-3-1-5-8(12)9(7)11/h1,3,5,12H,2,4,6H2. The Morgan fingerprint density at radius 3 is 2.83 bits per heavy atom. The highest BCUT2D eigenvalue weighted by atomic mass is 79.9. The lowest BCUT2D eigenvalue weighted by Gasteiger charge is -2.02. The largest absolute Gasteiger partial charge is 0.505 e. The van der Waals surface area contributed by atoms with Crippen LogP contribution in [0.1, 0.15) is 12.0 Å². The minimum atomic E-state index is -0.488. The predicted molar refractivity (Wildman–Crippen MR) is 50.2 cm³/mol. The van der Waals surface area contributed by atoms with Gasteiger partial charge in [0.15, 0.2) is 11.6 Å². The number of phenolic OH excluding ortho intramolecular Hbond substituents is 1. The van der Waals surface area contributed by atoms with Crippen LogP contribution >= 0.6 is 15.9 Å². The highest BCUT2D eigenvalue weighted by molar-refractivity contribution is 9.09. The molecule has 0 heterocycles. The van der Waals surface area contributed by atoms with E-state index in [4.69, 9.17) is 5.11 Å². The lowest BCUT2D eigenvalue weighted by molar-refractivity contribution is 0.428. The van der Waals surface area contributed by atoms with Gasteiger partial charge in [-0.1, -0.05) is 28.1 Å². The van der Waals surface area contributed by atoms with Gasteiger partial charge >= 0.3 is 0 Å². The van der Waals surface area contributed by atoms with Crippen molar-refractivity contribution in [2.45, 2.75) is 12.8 Å². The zero-order valence-electron chi connectivity index (χ0n) is 6.56. The van der Waals surface area contributed by atoms with E-state index in [2.05, 4.69) is 15.9 Å². The van der Waals surface area contributed by atoms with E-state index < -0.39 is 5.82 Å².